The number of phosphoric acid groups is 1. The molecule has 2 saturated heterocycles. The van der Waals surface area contributed by atoms with Crippen LogP contribution in [0.4, 0.5) is 5.82 Å². The van der Waals surface area contributed by atoms with Crippen LogP contribution in [0.25, 0.3) is 11.2 Å². The summed E-state index contributed by atoms with van der Waals surface area (Å²) in [5, 5.41) is 3.23. The van der Waals surface area contributed by atoms with Crippen LogP contribution < -0.4 is 39.8 Å². The average molecular weight is 614 g/mol. The van der Waals surface area contributed by atoms with Gasteiger partial charge in [0.1, 0.15) is 18.5 Å². The van der Waals surface area contributed by atoms with Crippen molar-refractivity contribution in [3.05, 3.63) is 42.2 Å². The average Bonchev–Trinajstić information content (AvgIpc) is 3.46. The predicted octanol–water partition coefficient (Wildman–Crippen LogP) is 0.354. The van der Waals surface area contributed by atoms with Gasteiger partial charge in [-0.05, 0) is 18.4 Å². The first-order valence-corrected chi connectivity index (χ1v) is 15.4. The molecule has 0 radical (unpaired) electrons. The van der Waals surface area contributed by atoms with Crippen LogP contribution in [-0.2, 0) is 38.4 Å². The van der Waals surface area contributed by atoms with E-state index in [0.717, 1.165) is 5.56 Å². The fourth-order valence-corrected chi connectivity index (χ4v) is 6.43. The van der Waals surface area contributed by atoms with E-state index < -0.39 is 38.3 Å². The summed E-state index contributed by atoms with van der Waals surface area (Å²) in [6.45, 7) is 3.43. The molecule has 0 spiro atoms. The first-order valence-electron chi connectivity index (χ1n) is 13.0. The van der Waals surface area contributed by atoms with Gasteiger partial charge in [-0.1, -0.05) is 55.9 Å². The Labute approximate surface area is 263 Å². The van der Waals surface area contributed by atoms with Crippen molar-refractivity contribution in [2.75, 3.05) is 11.9 Å². The van der Waals surface area contributed by atoms with Gasteiger partial charge in [-0.3, -0.25) is 18.7 Å². The number of fused-ring (bicyclic) bond motifs is 2. The van der Waals surface area contributed by atoms with Crippen molar-refractivity contribution >= 4 is 48.4 Å². The van der Waals surface area contributed by atoms with Crippen LogP contribution >= 0.6 is 19.6 Å². The van der Waals surface area contributed by atoms with Crippen LogP contribution in [0.5, 0.6) is 0 Å². The molecular formula is C25H29N5NaO8PS. The molecule has 16 heteroatoms. The zero-order valence-electron chi connectivity index (χ0n) is 22.9. The van der Waals surface area contributed by atoms with Crippen LogP contribution in [0.15, 0.2) is 41.8 Å². The van der Waals surface area contributed by atoms with Gasteiger partial charge in [0.05, 0.1) is 6.61 Å². The number of amides is 1. The van der Waals surface area contributed by atoms with Gasteiger partial charge in [0.2, 0.25) is 5.91 Å². The van der Waals surface area contributed by atoms with Gasteiger partial charge in [-0.25, -0.2) is 15.0 Å². The van der Waals surface area contributed by atoms with E-state index in [1.54, 1.807) is 4.57 Å². The largest absolute Gasteiger partial charge is 1.00 e. The first kappa shape index (κ1) is 32.1. The van der Waals surface area contributed by atoms with Crippen molar-refractivity contribution in [2.24, 2.45) is 0 Å². The van der Waals surface area contributed by atoms with Gasteiger partial charge in [-0.2, -0.15) is 0 Å². The molecule has 2 aliphatic rings. The predicted molar refractivity (Wildman–Crippen MR) is 142 cm³/mol. The minimum absolute atomic E-state index is 0. The quantitative estimate of drug-likeness (QED) is 0.145. The maximum atomic E-state index is 12.6. The number of anilines is 1. The number of nitrogens with zero attached hydrogens (tertiary/aromatic N) is 4. The molecule has 4 heterocycles. The van der Waals surface area contributed by atoms with Crippen molar-refractivity contribution in [3.63, 3.8) is 0 Å². The summed E-state index contributed by atoms with van der Waals surface area (Å²) in [5.74, 6) is 0.0106. The van der Waals surface area contributed by atoms with Crippen molar-refractivity contribution < 1.29 is 67.1 Å². The standard InChI is InChI=1S/C25H30N5O8PS.Na/c1-3-8-17(31)28-22-19-23(27-14-26-22)30(25(29-19)40-13-15-10-6-5-7-11-15)24-21(37-18(32)9-4-2)20-16(36-24)12-35-39(33,34)38-20;/h5-7,10-11,14,16,20-21,24H,3-4,8-9,12-13H2,1-2H3,(H,33,34)(H,26,27,28,31);/q;+1/p-1/t16-,20-,21-,24-;/m1./s1. The molecule has 1 N–H and O–H groups in total. The molecule has 3 aromatic rings. The topological polar surface area (TPSA) is 167 Å². The Bertz CT molecular complexity index is 1430. The van der Waals surface area contributed by atoms with E-state index in [1.807, 2.05) is 44.2 Å². The van der Waals surface area contributed by atoms with Crippen LogP contribution in [0.1, 0.15) is 51.3 Å². The second-order valence-electron chi connectivity index (χ2n) is 9.31. The molecule has 214 valence electrons. The number of hydrogen-bond acceptors (Lipinski definition) is 12. The molecule has 5 atom stereocenters. The maximum Gasteiger partial charge on any atom is 1.00 e. The zero-order valence-corrected chi connectivity index (χ0v) is 26.6. The fraction of sp³-hybridized carbons (Fsp3) is 0.480. The molecule has 1 unspecified atom stereocenters. The van der Waals surface area contributed by atoms with E-state index in [1.165, 1.54) is 18.1 Å². The Morgan fingerprint density at radius 3 is 2.68 bits per heavy atom. The minimum Gasteiger partial charge on any atom is -0.756 e. The molecule has 1 aromatic carbocycles. The van der Waals surface area contributed by atoms with Gasteiger partial charge in [0, 0.05) is 18.6 Å². The van der Waals surface area contributed by atoms with Crippen molar-refractivity contribution in [1.29, 1.82) is 0 Å². The SMILES string of the molecule is CCCC(=O)Nc1ncnc2c1nc(SCc1ccccc1)n2[C@@H]1O[C@@H]2COP(=O)([O-])O[C@H]2[C@H]1OC(=O)CCC.[Na+]. The van der Waals surface area contributed by atoms with Gasteiger partial charge in [-0.15, -0.1) is 0 Å². The molecule has 41 heavy (non-hydrogen) atoms. The molecule has 1 amide bonds. The van der Waals surface area contributed by atoms with Gasteiger partial charge < -0.3 is 28.7 Å². The van der Waals surface area contributed by atoms with Gasteiger partial charge in [0.15, 0.2) is 34.5 Å². The molecule has 0 aliphatic carbocycles. The normalized spacial score (nSPS) is 25.3. The Balaban J connectivity index is 0.00000387. The number of aromatic nitrogens is 4. The van der Waals surface area contributed by atoms with Crippen molar-refractivity contribution in [3.8, 4) is 0 Å². The molecule has 2 aromatic heterocycles. The number of carbonyl (C=O) groups is 2. The van der Waals surface area contributed by atoms with E-state index in [4.69, 9.17) is 23.5 Å². The third-order valence-electron chi connectivity index (χ3n) is 6.30. The molecule has 2 aliphatic heterocycles. The summed E-state index contributed by atoms with van der Waals surface area (Å²) in [6.07, 6.45) is -1.24. The number of thioether (sulfide) groups is 1. The second-order valence-corrected chi connectivity index (χ2v) is 11.6. The number of imidazole rings is 1. The summed E-state index contributed by atoms with van der Waals surface area (Å²) in [4.78, 5) is 50.6. The van der Waals surface area contributed by atoms with Crippen LogP contribution in [0, 0.1) is 0 Å². The Kier molecular flexibility index (Phi) is 11.0. The van der Waals surface area contributed by atoms with E-state index in [9.17, 15) is 19.0 Å². The number of carbonyl (C=O) groups excluding carboxylic acids is 2. The fourth-order valence-electron chi connectivity index (χ4n) is 4.52. The molecular weight excluding hydrogens is 584 g/mol. The van der Waals surface area contributed by atoms with Gasteiger partial charge in [0.25, 0.3) is 7.82 Å². The number of esters is 1. The van der Waals surface area contributed by atoms with Crippen LogP contribution in [-0.4, -0.2) is 56.3 Å². The summed E-state index contributed by atoms with van der Waals surface area (Å²) >= 11 is 1.38. The summed E-state index contributed by atoms with van der Waals surface area (Å²) < 4.78 is 35.9. The number of benzene rings is 1. The van der Waals surface area contributed by atoms with Crippen molar-refractivity contribution in [1.82, 2.24) is 19.5 Å². The molecule has 2 fully saturated rings. The smallest absolute Gasteiger partial charge is 0.756 e. The van der Waals surface area contributed by atoms with E-state index in [2.05, 4.69) is 15.3 Å². The maximum absolute atomic E-state index is 12.6. The van der Waals surface area contributed by atoms with E-state index >= 15 is 0 Å². The number of nitrogens with one attached hydrogen (secondary N) is 1. The molecule has 0 saturated carbocycles. The van der Waals surface area contributed by atoms with Crippen LogP contribution in [0.3, 0.4) is 0 Å². The third kappa shape index (κ3) is 7.38. The Hall–Kier alpha value is -1.87. The molecule has 13 nitrogen and oxygen atoms in total. The number of ether oxygens (including phenoxy) is 2. The number of rotatable bonds is 10. The van der Waals surface area contributed by atoms with E-state index in [-0.39, 0.29) is 54.3 Å². The van der Waals surface area contributed by atoms with Crippen LogP contribution in [0.2, 0.25) is 0 Å². The number of phosphoric ester groups is 1. The summed E-state index contributed by atoms with van der Waals surface area (Å²) in [6, 6.07) is 9.73. The first-order chi connectivity index (χ1) is 19.3. The van der Waals surface area contributed by atoms with Gasteiger partial charge >= 0.3 is 35.5 Å². The van der Waals surface area contributed by atoms with E-state index in [0.29, 0.717) is 41.3 Å². The monoisotopic (exact) mass is 613 g/mol. The Morgan fingerprint density at radius 2 is 1.95 bits per heavy atom. The summed E-state index contributed by atoms with van der Waals surface area (Å²) in [5.41, 5.74) is 1.65. The second kappa shape index (κ2) is 14.1. The summed E-state index contributed by atoms with van der Waals surface area (Å²) in [7, 11) is -4.62. The van der Waals surface area contributed by atoms with Crippen molar-refractivity contribution in [2.45, 2.75) is 75.0 Å². The number of hydrogen-bond donors (Lipinski definition) is 1. The zero-order chi connectivity index (χ0) is 28.3. The third-order valence-corrected chi connectivity index (χ3v) is 8.29. The minimum atomic E-state index is -4.62. The molecule has 5 rings (SSSR count). The Morgan fingerprint density at radius 1 is 1.20 bits per heavy atom. The molecule has 0 bridgehead atoms.